The zero-order valence-corrected chi connectivity index (χ0v) is 25.6. The van der Waals surface area contributed by atoms with Crippen molar-refractivity contribution in [1.29, 1.82) is 0 Å². The van der Waals surface area contributed by atoms with Gasteiger partial charge in [0.15, 0.2) is 0 Å². The maximum atomic E-state index is 14.8. The van der Waals surface area contributed by atoms with Gasteiger partial charge in [-0.1, -0.05) is 12.1 Å². The number of nitrogens with zero attached hydrogens (tertiary/aromatic N) is 4. The Morgan fingerprint density at radius 3 is 2.72 bits per heavy atom. The molecule has 6 heterocycles. The molecule has 0 saturated carbocycles. The zero-order valence-electron chi connectivity index (χ0n) is 25.6. The van der Waals surface area contributed by atoms with Crippen LogP contribution >= 0.6 is 0 Å². The summed E-state index contributed by atoms with van der Waals surface area (Å²) in [4.78, 5) is 23.4. The van der Waals surface area contributed by atoms with Gasteiger partial charge in [0.05, 0.1) is 62.3 Å². The highest BCUT2D eigenvalue weighted by molar-refractivity contribution is 5.78. The Bertz CT molecular complexity index is 1740. The lowest BCUT2D eigenvalue weighted by atomic mass is 9.82. The Kier molecular flexibility index (Phi) is 8.15. The zero-order chi connectivity index (χ0) is 31.0. The van der Waals surface area contributed by atoms with Gasteiger partial charge in [-0.2, -0.15) is 0 Å². The first kappa shape index (κ1) is 29.5. The lowest BCUT2D eigenvalue weighted by molar-refractivity contribution is -0.120. The number of halogens is 1. The lowest BCUT2D eigenvalue weighted by Gasteiger charge is -2.37. The number of piperidine rings is 1. The number of likely N-dealkylation sites (tertiary alicyclic amines) is 1. The number of rotatable bonds is 10. The Morgan fingerprint density at radius 1 is 1.02 bits per heavy atom. The molecule has 4 aromatic rings. The number of hydrogen-bond donors (Lipinski definition) is 0. The van der Waals surface area contributed by atoms with Crippen LogP contribution in [0.25, 0.3) is 11.0 Å². The topological polar surface area (TPSA) is 97.2 Å². The van der Waals surface area contributed by atoms with Gasteiger partial charge in [-0.25, -0.2) is 14.4 Å². The molecule has 4 aliphatic rings. The monoisotopic (exact) mass is 628 g/mol. The number of carbonyl (C=O) groups is 1. The first-order valence-corrected chi connectivity index (χ1v) is 16.1. The predicted octanol–water partition coefficient (Wildman–Crippen LogP) is 4.72. The molecular formula is C35H37FN4O6. The maximum Gasteiger partial charge on any atom is 0.298 e. The summed E-state index contributed by atoms with van der Waals surface area (Å²) >= 11 is 0. The third-order valence-electron chi connectivity index (χ3n) is 9.84. The highest BCUT2D eigenvalue weighted by Crippen LogP contribution is 2.38. The molecule has 2 aromatic heterocycles. The SMILES string of the molecule is O=COc1ccc2nc(CN3CC[C@@H]4c5nc(OCc6ccc(C7COC7)cc6F)ccc5COC[C@@H]4C3)n(C[C@@H]3CCO3)c2c1. The van der Waals surface area contributed by atoms with E-state index in [1.165, 1.54) is 0 Å². The number of carbonyl (C=O) groups excluding carboxylic acids is 1. The predicted molar refractivity (Wildman–Crippen MR) is 165 cm³/mol. The van der Waals surface area contributed by atoms with E-state index in [9.17, 15) is 9.18 Å². The molecule has 0 bridgehead atoms. The Labute approximate surface area is 266 Å². The van der Waals surface area contributed by atoms with Crippen LogP contribution in [-0.4, -0.2) is 71.5 Å². The quantitative estimate of drug-likeness (QED) is 0.231. The van der Waals surface area contributed by atoms with Crippen LogP contribution in [0.5, 0.6) is 11.6 Å². The standard InChI is InChI=1S/C35H37FN4O6/c36-30-11-22(26-18-43-19-26)1-2-23(30)20-45-34-6-3-24-16-42-17-25-13-39(9-7-29(25)35(24)38-34)15-33-37-31-5-4-27(46-21-41)12-32(31)40(33)14-28-8-10-44-28/h1-6,11-12,21,25-26,28-29H,7-10,13-20H2/t25-,28-,29-/m0/s1. The Morgan fingerprint density at radius 2 is 1.93 bits per heavy atom. The molecule has 0 unspecified atom stereocenters. The molecule has 0 radical (unpaired) electrons. The number of imidazole rings is 1. The fourth-order valence-electron chi connectivity index (χ4n) is 7.06. The number of ether oxygens (including phenoxy) is 5. The summed E-state index contributed by atoms with van der Waals surface area (Å²) in [5.41, 5.74) is 5.40. The lowest BCUT2D eigenvalue weighted by Crippen LogP contribution is -2.41. The molecule has 3 fully saturated rings. The molecule has 2 aromatic carbocycles. The molecule has 240 valence electrons. The summed E-state index contributed by atoms with van der Waals surface area (Å²) in [5.74, 6) is 2.49. The highest BCUT2D eigenvalue weighted by Gasteiger charge is 2.36. The molecule has 4 aliphatic heterocycles. The summed E-state index contributed by atoms with van der Waals surface area (Å²) in [6.45, 7) is 6.95. The molecule has 3 saturated heterocycles. The Hall–Kier alpha value is -3.90. The van der Waals surface area contributed by atoms with Crippen LogP contribution in [0, 0.1) is 11.7 Å². The Balaban J connectivity index is 0.969. The molecule has 3 atom stereocenters. The van der Waals surface area contributed by atoms with Gasteiger partial charge in [0.25, 0.3) is 6.47 Å². The van der Waals surface area contributed by atoms with Crippen LogP contribution in [0.15, 0.2) is 48.5 Å². The molecule has 46 heavy (non-hydrogen) atoms. The minimum absolute atomic E-state index is 0.118. The second-order valence-electron chi connectivity index (χ2n) is 12.8. The van der Waals surface area contributed by atoms with Gasteiger partial charge in [-0.05, 0) is 54.8 Å². The van der Waals surface area contributed by atoms with E-state index in [0.717, 1.165) is 66.2 Å². The van der Waals surface area contributed by atoms with E-state index in [2.05, 4.69) is 9.47 Å². The van der Waals surface area contributed by atoms with Gasteiger partial charge in [0.1, 0.15) is 24.0 Å². The fraction of sp³-hybridized carbons (Fsp3) is 0.457. The van der Waals surface area contributed by atoms with Gasteiger partial charge < -0.3 is 28.3 Å². The average molecular weight is 629 g/mol. The van der Waals surface area contributed by atoms with Gasteiger partial charge in [-0.3, -0.25) is 9.69 Å². The third kappa shape index (κ3) is 5.88. The van der Waals surface area contributed by atoms with Crippen molar-refractivity contribution in [3.8, 4) is 11.6 Å². The first-order chi connectivity index (χ1) is 22.6. The van der Waals surface area contributed by atoms with Crippen LogP contribution in [-0.2, 0) is 45.3 Å². The van der Waals surface area contributed by atoms with Gasteiger partial charge in [0, 0.05) is 48.6 Å². The number of aromatic nitrogens is 3. The minimum Gasteiger partial charge on any atom is -0.473 e. The van der Waals surface area contributed by atoms with E-state index in [1.54, 1.807) is 18.2 Å². The van der Waals surface area contributed by atoms with Crippen molar-refractivity contribution in [3.63, 3.8) is 0 Å². The van der Waals surface area contributed by atoms with Crippen molar-refractivity contribution in [3.05, 3.63) is 82.6 Å². The van der Waals surface area contributed by atoms with Gasteiger partial charge in [0.2, 0.25) is 5.88 Å². The van der Waals surface area contributed by atoms with E-state index in [-0.39, 0.29) is 36.3 Å². The molecule has 0 amide bonds. The summed E-state index contributed by atoms with van der Waals surface area (Å²) in [5, 5.41) is 0. The molecule has 0 aliphatic carbocycles. The van der Waals surface area contributed by atoms with Crippen molar-refractivity contribution in [2.75, 3.05) is 39.5 Å². The molecular weight excluding hydrogens is 591 g/mol. The largest absolute Gasteiger partial charge is 0.473 e. The first-order valence-electron chi connectivity index (χ1n) is 16.1. The summed E-state index contributed by atoms with van der Waals surface area (Å²) in [7, 11) is 0. The van der Waals surface area contributed by atoms with Gasteiger partial charge in [-0.15, -0.1) is 0 Å². The van der Waals surface area contributed by atoms with Crippen LogP contribution in [0.3, 0.4) is 0 Å². The smallest absolute Gasteiger partial charge is 0.298 e. The summed E-state index contributed by atoms with van der Waals surface area (Å²) in [6, 6.07) is 14.8. The summed E-state index contributed by atoms with van der Waals surface area (Å²) < 4.78 is 45.4. The number of hydrogen-bond acceptors (Lipinski definition) is 9. The molecule has 0 N–H and O–H groups in total. The molecule has 8 rings (SSSR count). The van der Waals surface area contributed by atoms with E-state index in [1.807, 2.05) is 30.3 Å². The summed E-state index contributed by atoms with van der Waals surface area (Å²) in [6.07, 6.45) is 2.11. The minimum atomic E-state index is -0.261. The number of benzene rings is 2. The second kappa shape index (κ2) is 12.7. The van der Waals surface area contributed by atoms with E-state index in [0.29, 0.717) is 63.2 Å². The van der Waals surface area contributed by atoms with Crippen LogP contribution < -0.4 is 9.47 Å². The van der Waals surface area contributed by atoms with Crippen molar-refractivity contribution in [2.24, 2.45) is 5.92 Å². The fourth-order valence-corrected chi connectivity index (χ4v) is 7.06. The molecule has 11 heteroatoms. The van der Waals surface area contributed by atoms with Crippen molar-refractivity contribution < 1.29 is 32.9 Å². The normalized spacial score (nSPS) is 23.1. The maximum absolute atomic E-state index is 14.8. The van der Waals surface area contributed by atoms with Crippen molar-refractivity contribution in [2.45, 2.75) is 57.1 Å². The highest BCUT2D eigenvalue weighted by atomic mass is 19.1. The van der Waals surface area contributed by atoms with Crippen molar-refractivity contribution in [1.82, 2.24) is 19.4 Å². The average Bonchev–Trinajstić information content (AvgIpc) is 3.23. The molecule has 10 nitrogen and oxygen atoms in total. The second-order valence-corrected chi connectivity index (χ2v) is 12.8. The van der Waals surface area contributed by atoms with Crippen molar-refractivity contribution >= 4 is 17.5 Å². The van der Waals surface area contributed by atoms with E-state index in [4.69, 9.17) is 33.7 Å². The van der Waals surface area contributed by atoms with E-state index < -0.39 is 0 Å². The van der Waals surface area contributed by atoms with Gasteiger partial charge >= 0.3 is 0 Å². The van der Waals surface area contributed by atoms with E-state index >= 15 is 0 Å². The van der Waals surface area contributed by atoms with Crippen LogP contribution in [0.2, 0.25) is 0 Å². The molecule has 0 spiro atoms. The van der Waals surface area contributed by atoms with Crippen LogP contribution in [0.4, 0.5) is 4.39 Å². The number of pyridine rings is 1. The third-order valence-corrected chi connectivity index (χ3v) is 9.84. The number of fused-ring (bicyclic) bond motifs is 4. The van der Waals surface area contributed by atoms with Crippen LogP contribution in [0.1, 0.15) is 52.9 Å².